The Hall–Kier alpha value is -3.29. The van der Waals surface area contributed by atoms with Crippen LogP contribution in [-0.2, 0) is 4.79 Å². The summed E-state index contributed by atoms with van der Waals surface area (Å²) in [5.41, 5.74) is 3.84. The minimum Gasteiger partial charge on any atom is -0.301 e. The summed E-state index contributed by atoms with van der Waals surface area (Å²) in [6.07, 6.45) is 0. The van der Waals surface area contributed by atoms with Crippen molar-refractivity contribution in [2.75, 3.05) is 11.1 Å². The molecule has 0 aliphatic rings. The van der Waals surface area contributed by atoms with Crippen LogP contribution in [0.3, 0.4) is 0 Å². The van der Waals surface area contributed by atoms with Crippen LogP contribution in [0.1, 0.15) is 5.56 Å². The zero-order chi connectivity index (χ0) is 21.2. The molecular formula is C24H18N4OS2. The van der Waals surface area contributed by atoms with Crippen molar-refractivity contribution < 1.29 is 4.79 Å². The number of fused-ring (bicyclic) bond motifs is 2. The van der Waals surface area contributed by atoms with Crippen molar-refractivity contribution >= 4 is 55.3 Å². The lowest BCUT2D eigenvalue weighted by Gasteiger charge is -2.09. The third-order valence-corrected chi connectivity index (χ3v) is 6.67. The zero-order valence-electron chi connectivity index (χ0n) is 16.7. The van der Waals surface area contributed by atoms with Gasteiger partial charge in [-0.25, -0.2) is 15.0 Å². The fourth-order valence-electron chi connectivity index (χ4n) is 3.26. The van der Waals surface area contributed by atoms with Gasteiger partial charge >= 0.3 is 0 Å². The van der Waals surface area contributed by atoms with Crippen LogP contribution in [0, 0.1) is 6.92 Å². The van der Waals surface area contributed by atoms with E-state index in [2.05, 4.69) is 16.4 Å². The van der Waals surface area contributed by atoms with Gasteiger partial charge in [-0.2, -0.15) is 0 Å². The van der Waals surface area contributed by atoms with Crippen LogP contribution in [0.15, 0.2) is 77.8 Å². The van der Waals surface area contributed by atoms with E-state index in [1.165, 1.54) is 23.1 Å². The Bertz CT molecular complexity index is 1370. The van der Waals surface area contributed by atoms with Crippen LogP contribution < -0.4 is 5.32 Å². The predicted molar refractivity (Wildman–Crippen MR) is 129 cm³/mol. The molecule has 0 radical (unpaired) electrons. The highest BCUT2D eigenvalue weighted by molar-refractivity contribution is 8.00. The molecule has 3 aromatic carbocycles. The average molecular weight is 443 g/mol. The Labute approximate surface area is 187 Å². The van der Waals surface area contributed by atoms with Gasteiger partial charge in [0.05, 0.1) is 21.5 Å². The number of hydrogen-bond acceptors (Lipinski definition) is 6. The zero-order valence-corrected chi connectivity index (χ0v) is 18.3. The predicted octanol–water partition coefficient (Wildman–Crippen LogP) is 5.95. The number of rotatable bonds is 5. The van der Waals surface area contributed by atoms with Gasteiger partial charge in [-0.1, -0.05) is 77.2 Å². The number of nitrogens with one attached hydrogen (secondary N) is 1. The third-order valence-electron chi connectivity index (χ3n) is 4.73. The molecular weight excluding hydrogens is 424 g/mol. The van der Waals surface area contributed by atoms with E-state index in [-0.39, 0.29) is 11.7 Å². The van der Waals surface area contributed by atoms with Gasteiger partial charge < -0.3 is 5.32 Å². The van der Waals surface area contributed by atoms with E-state index >= 15 is 0 Å². The third kappa shape index (κ3) is 4.28. The number of anilines is 1. The maximum Gasteiger partial charge on any atom is 0.236 e. The Morgan fingerprint density at radius 1 is 0.935 bits per heavy atom. The first-order chi connectivity index (χ1) is 15.2. The number of carbonyl (C=O) groups is 1. The number of nitrogens with zero attached hydrogens (tertiary/aromatic N) is 3. The smallest absolute Gasteiger partial charge is 0.236 e. The molecule has 152 valence electrons. The monoisotopic (exact) mass is 442 g/mol. The van der Waals surface area contributed by atoms with E-state index in [1.807, 2.05) is 73.7 Å². The number of thioether (sulfide) groups is 1. The molecule has 2 heterocycles. The molecule has 1 N–H and O–H groups in total. The van der Waals surface area contributed by atoms with Crippen molar-refractivity contribution in [1.82, 2.24) is 15.0 Å². The van der Waals surface area contributed by atoms with E-state index < -0.39 is 0 Å². The van der Waals surface area contributed by atoms with Crippen LogP contribution >= 0.6 is 23.1 Å². The van der Waals surface area contributed by atoms with Gasteiger partial charge in [0.15, 0.2) is 11.0 Å². The summed E-state index contributed by atoms with van der Waals surface area (Å²) >= 11 is 2.89. The molecule has 0 saturated heterocycles. The van der Waals surface area contributed by atoms with Gasteiger partial charge in [0.25, 0.3) is 0 Å². The molecule has 7 heteroatoms. The summed E-state index contributed by atoms with van der Waals surface area (Å²) in [6, 6.07) is 23.8. The molecule has 0 spiro atoms. The lowest BCUT2D eigenvalue weighted by Crippen LogP contribution is -2.14. The topological polar surface area (TPSA) is 67.8 Å². The Kier molecular flexibility index (Phi) is 5.36. The average Bonchev–Trinajstić information content (AvgIpc) is 3.20. The number of aryl methyl sites for hydroxylation is 1. The Morgan fingerprint density at radius 3 is 2.58 bits per heavy atom. The number of para-hydroxylation sites is 1. The molecule has 0 fully saturated rings. The van der Waals surface area contributed by atoms with Crippen molar-refractivity contribution in [3.05, 3.63) is 78.4 Å². The summed E-state index contributed by atoms with van der Waals surface area (Å²) in [5, 5.41) is 5.28. The van der Waals surface area contributed by atoms with Crippen LogP contribution in [0.4, 0.5) is 5.13 Å². The molecule has 1 amide bonds. The maximum atomic E-state index is 12.6. The first kappa shape index (κ1) is 19.7. The normalized spacial score (nSPS) is 11.1. The van der Waals surface area contributed by atoms with E-state index in [9.17, 15) is 4.79 Å². The largest absolute Gasteiger partial charge is 0.301 e. The summed E-state index contributed by atoms with van der Waals surface area (Å²) in [5.74, 6) is 0.792. The lowest BCUT2D eigenvalue weighted by atomic mass is 10.1. The number of aromatic nitrogens is 3. The highest BCUT2D eigenvalue weighted by Crippen LogP contribution is 2.30. The second-order valence-electron chi connectivity index (χ2n) is 7.06. The maximum absolute atomic E-state index is 12.6. The second-order valence-corrected chi connectivity index (χ2v) is 9.06. The highest BCUT2D eigenvalue weighted by Gasteiger charge is 2.13. The summed E-state index contributed by atoms with van der Waals surface area (Å²) in [7, 11) is 0. The standard InChI is InChI=1S/C24H18N4OS2/c1-15-11-12-18-17(13-15)23(28-22(25-18)16-7-3-2-4-8-16)30-14-21(29)27-24-26-19-9-5-6-10-20(19)31-24/h2-13H,14H2,1H3,(H,26,27,29). The second kappa shape index (κ2) is 8.45. The van der Waals surface area contributed by atoms with Gasteiger partial charge in [-0.3, -0.25) is 4.79 Å². The molecule has 0 atom stereocenters. The van der Waals surface area contributed by atoms with Crippen LogP contribution in [0.25, 0.3) is 32.5 Å². The van der Waals surface area contributed by atoms with Gasteiger partial charge in [-0.05, 0) is 31.2 Å². The van der Waals surface area contributed by atoms with E-state index in [0.717, 1.165) is 37.3 Å². The first-order valence-electron chi connectivity index (χ1n) is 9.78. The number of carbonyl (C=O) groups excluding carboxylic acids is 1. The number of thiazole rings is 1. The van der Waals surface area contributed by atoms with Gasteiger partial charge in [-0.15, -0.1) is 0 Å². The van der Waals surface area contributed by atoms with Crippen LogP contribution in [-0.4, -0.2) is 26.6 Å². The first-order valence-corrected chi connectivity index (χ1v) is 11.6. The van der Waals surface area contributed by atoms with E-state index in [0.29, 0.717) is 11.0 Å². The minimum absolute atomic E-state index is 0.107. The van der Waals surface area contributed by atoms with Crippen molar-refractivity contribution in [3.8, 4) is 11.4 Å². The van der Waals surface area contributed by atoms with Crippen LogP contribution in [0.2, 0.25) is 0 Å². The van der Waals surface area contributed by atoms with Crippen molar-refractivity contribution in [1.29, 1.82) is 0 Å². The van der Waals surface area contributed by atoms with Gasteiger partial charge in [0, 0.05) is 10.9 Å². The van der Waals surface area contributed by atoms with Crippen LogP contribution in [0.5, 0.6) is 0 Å². The minimum atomic E-state index is -0.107. The molecule has 0 aliphatic carbocycles. The van der Waals surface area contributed by atoms with Crippen molar-refractivity contribution in [2.24, 2.45) is 0 Å². The summed E-state index contributed by atoms with van der Waals surface area (Å²) in [6.45, 7) is 2.04. The Balaban J connectivity index is 1.40. The summed E-state index contributed by atoms with van der Waals surface area (Å²) < 4.78 is 1.05. The Morgan fingerprint density at radius 2 is 1.74 bits per heavy atom. The van der Waals surface area contributed by atoms with E-state index in [4.69, 9.17) is 9.97 Å². The van der Waals surface area contributed by atoms with Crippen molar-refractivity contribution in [3.63, 3.8) is 0 Å². The van der Waals surface area contributed by atoms with Gasteiger partial charge in [0.1, 0.15) is 5.03 Å². The quantitative estimate of drug-likeness (QED) is 0.269. The highest BCUT2D eigenvalue weighted by atomic mass is 32.2. The fraction of sp³-hybridized carbons (Fsp3) is 0.0833. The number of benzene rings is 3. The van der Waals surface area contributed by atoms with E-state index in [1.54, 1.807) is 0 Å². The molecule has 0 bridgehead atoms. The molecule has 5 aromatic rings. The number of amides is 1. The molecule has 31 heavy (non-hydrogen) atoms. The van der Waals surface area contributed by atoms with Crippen molar-refractivity contribution in [2.45, 2.75) is 11.9 Å². The lowest BCUT2D eigenvalue weighted by molar-refractivity contribution is -0.113. The molecule has 0 aliphatic heterocycles. The number of hydrogen-bond donors (Lipinski definition) is 1. The molecule has 0 unspecified atom stereocenters. The fourth-order valence-corrected chi connectivity index (χ4v) is 4.95. The summed E-state index contributed by atoms with van der Waals surface area (Å²) in [4.78, 5) is 26.6. The SMILES string of the molecule is Cc1ccc2nc(-c3ccccc3)nc(SCC(=O)Nc3nc4ccccc4s3)c2c1. The molecule has 5 nitrogen and oxygen atoms in total. The molecule has 0 saturated carbocycles. The molecule has 2 aromatic heterocycles. The molecule has 5 rings (SSSR count). The van der Waals surface area contributed by atoms with Gasteiger partial charge in [0.2, 0.25) is 5.91 Å².